The molecule has 1 aromatic carbocycles. The van der Waals surface area contributed by atoms with Gasteiger partial charge in [-0.05, 0) is 12.5 Å². The number of benzene rings is 1. The minimum atomic E-state index is -1.10. The largest absolute Gasteiger partial charge is 0.479 e. The Morgan fingerprint density at radius 2 is 2.05 bits per heavy atom. The maximum atomic E-state index is 11.8. The third-order valence-corrected chi connectivity index (χ3v) is 3.23. The first kappa shape index (κ1) is 14.5. The molecule has 1 heterocycles. The molecule has 1 atom stereocenters. The maximum Gasteiger partial charge on any atom is 0.330 e. The molecule has 6 heteroatoms. The standard InChI is InChI=1S/C14H18N2O4/c1-14(8-15-9-14)20-7-11(17)16-12(13(18)19)10-5-3-2-4-6-10/h2-6,12,15H,7-9H2,1H3,(H,16,17)(H,18,19)/t12-/m0/s1. The number of amides is 1. The third-order valence-electron chi connectivity index (χ3n) is 3.23. The van der Waals surface area contributed by atoms with E-state index in [2.05, 4.69) is 10.6 Å². The maximum absolute atomic E-state index is 11.8. The smallest absolute Gasteiger partial charge is 0.330 e. The number of carboxylic acids is 1. The molecule has 1 amide bonds. The van der Waals surface area contributed by atoms with Crippen LogP contribution in [0.25, 0.3) is 0 Å². The van der Waals surface area contributed by atoms with Gasteiger partial charge in [-0.15, -0.1) is 0 Å². The summed E-state index contributed by atoms with van der Waals surface area (Å²) in [5.74, 6) is -1.53. The predicted molar refractivity (Wildman–Crippen MR) is 72.2 cm³/mol. The van der Waals surface area contributed by atoms with Gasteiger partial charge in [0.25, 0.3) is 0 Å². The lowest BCUT2D eigenvalue weighted by Gasteiger charge is -2.38. The highest BCUT2D eigenvalue weighted by molar-refractivity contribution is 5.85. The molecule has 1 saturated heterocycles. The summed E-state index contributed by atoms with van der Waals surface area (Å²) in [6.07, 6.45) is 0. The number of nitrogens with one attached hydrogen (secondary N) is 2. The third kappa shape index (κ3) is 3.55. The van der Waals surface area contributed by atoms with Crippen molar-refractivity contribution >= 4 is 11.9 Å². The van der Waals surface area contributed by atoms with E-state index in [1.54, 1.807) is 30.3 Å². The van der Waals surface area contributed by atoms with Gasteiger partial charge in [-0.3, -0.25) is 4.79 Å². The Bertz CT molecular complexity index is 485. The van der Waals surface area contributed by atoms with Gasteiger partial charge in [0.05, 0.1) is 5.60 Å². The van der Waals surface area contributed by atoms with Crippen LogP contribution >= 0.6 is 0 Å². The first-order valence-corrected chi connectivity index (χ1v) is 6.42. The number of hydrogen-bond acceptors (Lipinski definition) is 4. The van der Waals surface area contributed by atoms with Gasteiger partial charge in [0.2, 0.25) is 5.91 Å². The van der Waals surface area contributed by atoms with Crippen molar-refractivity contribution in [2.45, 2.75) is 18.6 Å². The molecule has 0 aromatic heterocycles. The number of carboxylic acid groups (broad SMARTS) is 1. The fourth-order valence-electron chi connectivity index (χ4n) is 1.95. The van der Waals surface area contributed by atoms with Crippen LogP contribution in [-0.2, 0) is 14.3 Å². The van der Waals surface area contributed by atoms with Gasteiger partial charge in [-0.1, -0.05) is 30.3 Å². The van der Waals surface area contributed by atoms with Crippen molar-refractivity contribution in [2.75, 3.05) is 19.7 Å². The number of aliphatic carboxylic acids is 1. The highest BCUT2D eigenvalue weighted by Crippen LogP contribution is 2.16. The molecule has 0 saturated carbocycles. The summed E-state index contributed by atoms with van der Waals surface area (Å²) in [6.45, 7) is 3.15. The first-order chi connectivity index (χ1) is 9.50. The summed E-state index contributed by atoms with van der Waals surface area (Å²) in [6, 6.07) is 7.52. The monoisotopic (exact) mass is 278 g/mol. The van der Waals surface area contributed by atoms with E-state index in [1.165, 1.54) is 0 Å². The fraction of sp³-hybridized carbons (Fsp3) is 0.429. The zero-order valence-electron chi connectivity index (χ0n) is 11.3. The SMILES string of the molecule is CC1(OCC(=O)N[C@H](C(=O)O)c2ccccc2)CNC1. The van der Waals surface area contributed by atoms with Crippen LogP contribution < -0.4 is 10.6 Å². The summed E-state index contributed by atoms with van der Waals surface area (Å²) in [7, 11) is 0. The van der Waals surface area contributed by atoms with Crippen molar-refractivity contribution in [1.82, 2.24) is 10.6 Å². The van der Waals surface area contributed by atoms with E-state index < -0.39 is 17.9 Å². The van der Waals surface area contributed by atoms with Crippen LogP contribution in [0.4, 0.5) is 0 Å². The molecule has 0 aliphatic carbocycles. The van der Waals surface area contributed by atoms with Gasteiger partial charge >= 0.3 is 5.97 Å². The minimum absolute atomic E-state index is 0.144. The first-order valence-electron chi connectivity index (χ1n) is 6.42. The Labute approximate surface area is 117 Å². The number of carbonyl (C=O) groups excluding carboxylic acids is 1. The average molecular weight is 278 g/mol. The van der Waals surface area contributed by atoms with Crippen LogP contribution in [0.1, 0.15) is 18.5 Å². The van der Waals surface area contributed by atoms with Crippen molar-refractivity contribution in [1.29, 1.82) is 0 Å². The number of rotatable bonds is 6. The second kappa shape index (κ2) is 6.02. The van der Waals surface area contributed by atoms with E-state index in [0.29, 0.717) is 18.7 Å². The van der Waals surface area contributed by atoms with Gasteiger partial charge in [-0.2, -0.15) is 0 Å². The number of ether oxygens (including phenoxy) is 1. The van der Waals surface area contributed by atoms with E-state index >= 15 is 0 Å². The van der Waals surface area contributed by atoms with Gasteiger partial charge in [0.15, 0.2) is 6.04 Å². The van der Waals surface area contributed by atoms with Crippen molar-refractivity contribution in [3.8, 4) is 0 Å². The summed E-state index contributed by atoms with van der Waals surface area (Å²) >= 11 is 0. The Kier molecular flexibility index (Phi) is 4.36. The lowest BCUT2D eigenvalue weighted by Crippen LogP contribution is -2.59. The molecule has 1 aromatic rings. The zero-order valence-corrected chi connectivity index (χ0v) is 11.3. The van der Waals surface area contributed by atoms with Gasteiger partial charge in [-0.25, -0.2) is 4.79 Å². The molecule has 0 radical (unpaired) electrons. The highest BCUT2D eigenvalue weighted by Gasteiger charge is 2.33. The Hall–Kier alpha value is -1.92. The summed E-state index contributed by atoms with van der Waals surface area (Å²) in [5.41, 5.74) is 0.202. The normalized spacial score (nSPS) is 17.9. The zero-order chi connectivity index (χ0) is 14.6. The molecule has 0 unspecified atom stereocenters. The topological polar surface area (TPSA) is 87.7 Å². The lowest BCUT2D eigenvalue weighted by molar-refractivity contribution is -0.145. The molecule has 1 fully saturated rings. The summed E-state index contributed by atoms with van der Waals surface area (Å²) in [5, 5.41) is 14.7. The van der Waals surface area contributed by atoms with Crippen molar-refractivity contribution < 1.29 is 19.4 Å². The molecule has 0 spiro atoms. The van der Waals surface area contributed by atoms with E-state index in [4.69, 9.17) is 4.74 Å². The van der Waals surface area contributed by atoms with Gasteiger partial charge in [0, 0.05) is 13.1 Å². The van der Waals surface area contributed by atoms with Crippen LogP contribution in [0.5, 0.6) is 0 Å². The van der Waals surface area contributed by atoms with Gasteiger partial charge < -0.3 is 20.5 Å². The molecular weight excluding hydrogens is 260 g/mol. The quantitative estimate of drug-likeness (QED) is 0.697. The Morgan fingerprint density at radius 3 is 2.55 bits per heavy atom. The second-order valence-corrected chi connectivity index (χ2v) is 5.09. The van der Waals surface area contributed by atoms with Crippen LogP contribution in [0, 0.1) is 0 Å². The van der Waals surface area contributed by atoms with E-state index in [1.807, 2.05) is 6.92 Å². The fourth-order valence-corrected chi connectivity index (χ4v) is 1.95. The molecule has 1 aliphatic heterocycles. The van der Waals surface area contributed by atoms with E-state index in [0.717, 1.165) is 0 Å². The number of hydrogen-bond donors (Lipinski definition) is 3. The van der Waals surface area contributed by atoms with Crippen molar-refractivity contribution in [3.05, 3.63) is 35.9 Å². The highest BCUT2D eigenvalue weighted by atomic mass is 16.5. The summed E-state index contributed by atoms with van der Waals surface area (Å²) in [4.78, 5) is 23.0. The van der Waals surface area contributed by atoms with Crippen molar-refractivity contribution in [3.63, 3.8) is 0 Å². The average Bonchev–Trinajstić information content (AvgIpc) is 2.41. The van der Waals surface area contributed by atoms with Crippen LogP contribution in [0.15, 0.2) is 30.3 Å². The molecule has 108 valence electrons. The molecular formula is C14H18N2O4. The second-order valence-electron chi connectivity index (χ2n) is 5.09. The van der Waals surface area contributed by atoms with Crippen LogP contribution in [0.2, 0.25) is 0 Å². The lowest BCUT2D eigenvalue weighted by atomic mass is 10.0. The predicted octanol–water partition coefficient (Wildman–Crippen LogP) is 0.307. The Morgan fingerprint density at radius 1 is 1.40 bits per heavy atom. The van der Waals surface area contributed by atoms with Crippen molar-refractivity contribution in [2.24, 2.45) is 0 Å². The minimum Gasteiger partial charge on any atom is -0.479 e. The molecule has 1 aliphatic rings. The molecule has 3 N–H and O–H groups in total. The van der Waals surface area contributed by atoms with E-state index in [9.17, 15) is 14.7 Å². The van der Waals surface area contributed by atoms with Crippen LogP contribution in [-0.4, -0.2) is 42.3 Å². The van der Waals surface area contributed by atoms with Crippen LogP contribution in [0.3, 0.4) is 0 Å². The Balaban J connectivity index is 1.91. The molecule has 2 rings (SSSR count). The van der Waals surface area contributed by atoms with E-state index in [-0.39, 0.29) is 12.2 Å². The van der Waals surface area contributed by atoms with Gasteiger partial charge in [0.1, 0.15) is 6.61 Å². The summed E-state index contributed by atoms with van der Waals surface area (Å²) < 4.78 is 5.48. The molecule has 20 heavy (non-hydrogen) atoms. The molecule has 0 bridgehead atoms. The number of carbonyl (C=O) groups is 2. The molecule has 6 nitrogen and oxygen atoms in total.